The first-order valence-electron chi connectivity index (χ1n) is 6.72. The van der Waals surface area contributed by atoms with Crippen LogP contribution in [0.15, 0.2) is 34.7 Å². The van der Waals surface area contributed by atoms with Gasteiger partial charge in [-0.05, 0) is 40.5 Å². The van der Waals surface area contributed by atoms with Gasteiger partial charge in [-0.15, -0.1) is 4.94 Å². The minimum Gasteiger partial charge on any atom is -0.366 e. The van der Waals surface area contributed by atoms with Gasteiger partial charge in [0.05, 0.1) is 29.2 Å². The van der Waals surface area contributed by atoms with Crippen molar-refractivity contribution in [2.75, 3.05) is 24.5 Å². The maximum absolute atomic E-state index is 13.2. The number of hydroxylamine groups is 3. The number of anilines is 1. The van der Waals surface area contributed by atoms with Gasteiger partial charge in [-0.2, -0.15) is 5.06 Å². The van der Waals surface area contributed by atoms with Crippen molar-refractivity contribution in [3.63, 3.8) is 0 Å². The van der Waals surface area contributed by atoms with Crippen molar-refractivity contribution in [1.29, 1.82) is 0 Å². The molecule has 1 aliphatic heterocycles. The van der Waals surface area contributed by atoms with Gasteiger partial charge in [0.15, 0.2) is 5.82 Å². The Balaban J connectivity index is 1.90. The summed E-state index contributed by atoms with van der Waals surface area (Å²) in [4.78, 5) is 11.3. The highest BCUT2D eigenvalue weighted by atomic mass is 79.9. The maximum atomic E-state index is 13.2. The second-order valence-electron chi connectivity index (χ2n) is 4.68. The van der Waals surface area contributed by atoms with Crippen molar-refractivity contribution in [3.05, 3.63) is 40.5 Å². The predicted octanol–water partition coefficient (Wildman–Crippen LogP) is 1.21. The van der Waals surface area contributed by atoms with Crippen LogP contribution in [0.4, 0.5) is 10.1 Å². The second-order valence-corrected chi connectivity index (χ2v) is 7.34. The van der Waals surface area contributed by atoms with Crippen molar-refractivity contribution < 1.29 is 27.8 Å². The quantitative estimate of drug-likeness (QED) is 0.420. The monoisotopic (exact) mass is 426 g/mol. The number of sulfonamides is 1. The Hall–Kier alpha value is -1.44. The number of hydrogen-bond acceptors (Lipinski definition) is 8. The summed E-state index contributed by atoms with van der Waals surface area (Å²) in [5, 5.41) is 14.2. The van der Waals surface area contributed by atoms with E-state index in [0.717, 1.165) is 0 Å². The third-order valence-electron chi connectivity index (χ3n) is 2.87. The normalized spacial score (nSPS) is 14.9. The average molecular weight is 427 g/mol. The number of nitrogens with zero attached hydrogens (tertiary/aromatic N) is 2. The summed E-state index contributed by atoms with van der Waals surface area (Å²) in [6.07, 6.45) is 1.70. The third kappa shape index (κ3) is 5.03. The molecule has 0 spiro atoms. The second kappa shape index (κ2) is 8.09. The molecule has 1 aromatic carbocycles. The molecule has 24 heavy (non-hydrogen) atoms. The molecule has 134 valence electrons. The molecule has 9 nitrogen and oxygen atoms in total. The van der Waals surface area contributed by atoms with Gasteiger partial charge in [0.25, 0.3) is 0 Å². The summed E-state index contributed by atoms with van der Waals surface area (Å²) >= 11 is 3.06. The molecule has 1 aliphatic rings. The van der Waals surface area contributed by atoms with Crippen LogP contribution in [0, 0.1) is 5.82 Å². The first kappa shape index (κ1) is 18.9. The summed E-state index contributed by atoms with van der Waals surface area (Å²) in [6.45, 7) is 0.262. The van der Waals surface area contributed by atoms with Crippen LogP contribution in [0.5, 0.6) is 0 Å². The van der Waals surface area contributed by atoms with Crippen LogP contribution in [0.2, 0.25) is 0 Å². The van der Waals surface area contributed by atoms with Gasteiger partial charge >= 0.3 is 0 Å². The first-order valence-corrected chi connectivity index (χ1v) is 9.16. The Morgan fingerprint density at radius 3 is 2.88 bits per heavy atom. The van der Waals surface area contributed by atoms with Crippen LogP contribution in [0.25, 0.3) is 0 Å². The van der Waals surface area contributed by atoms with E-state index in [9.17, 15) is 18.0 Å². The van der Waals surface area contributed by atoms with E-state index in [0.29, 0.717) is 10.9 Å². The molecule has 1 aromatic rings. The number of hydrogen-bond donors (Lipinski definition) is 3. The van der Waals surface area contributed by atoms with Gasteiger partial charge in [0, 0.05) is 6.54 Å². The lowest BCUT2D eigenvalue weighted by molar-refractivity contribution is -0.306. The summed E-state index contributed by atoms with van der Waals surface area (Å²) in [5.74, 6) is -0.373. The molecule has 2 rings (SSSR count). The maximum Gasteiger partial charge on any atom is 0.233 e. The van der Waals surface area contributed by atoms with E-state index in [2.05, 4.69) is 26.1 Å². The molecule has 0 saturated heterocycles. The van der Waals surface area contributed by atoms with E-state index in [1.165, 1.54) is 36.6 Å². The topological polar surface area (TPSA) is 103 Å². The van der Waals surface area contributed by atoms with E-state index in [-0.39, 0.29) is 29.0 Å². The van der Waals surface area contributed by atoms with E-state index in [1.807, 2.05) is 4.89 Å². The minimum absolute atomic E-state index is 0.151. The molecule has 0 aliphatic carbocycles. The molecule has 0 aromatic heterocycles. The molecule has 0 fully saturated rings. The highest BCUT2D eigenvalue weighted by Gasteiger charge is 2.23. The molecule has 12 heteroatoms. The molecular weight excluding hydrogens is 411 g/mol. The fourth-order valence-electron chi connectivity index (χ4n) is 1.82. The van der Waals surface area contributed by atoms with Crippen molar-refractivity contribution in [1.82, 2.24) is 15.4 Å². The Labute approximate surface area is 146 Å². The fourth-order valence-corrected chi connectivity index (χ4v) is 3.04. The molecule has 0 bridgehead atoms. The average Bonchev–Trinajstić information content (AvgIpc) is 2.87. The lowest BCUT2D eigenvalue weighted by Crippen LogP contribution is -2.30. The summed E-state index contributed by atoms with van der Waals surface area (Å²) in [5.41, 5.74) is 0.478. The lowest BCUT2D eigenvalue weighted by atomic mass is 10.3. The zero-order chi connectivity index (χ0) is 17.7. The Kier molecular flexibility index (Phi) is 6.37. The van der Waals surface area contributed by atoms with Crippen LogP contribution in [-0.2, 0) is 19.8 Å². The smallest absolute Gasteiger partial charge is 0.233 e. The minimum atomic E-state index is -3.49. The SMILES string of the molecule is CONS(=O)(=O)CCCNC1=CN(c2ccc(F)c(Br)c2)ON1O. The molecule has 0 amide bonds. The van der Waals surface area contributed by atoms with Gasteiger partial charge in [-0.1, -0.05) is 10.1 Å². The summed E-state index contributed by atoms with van der Waals surface area (Å²) in [6, 6.07) is 4.19. The van der Waals surface area contributed by atoms with Crippen LogP contribution in [0.3, 0.4) is 0 Å². The highest BCUT2D eigenvalue weighted by molar-refractivity contribution is 9.10. The van der Waals surface area contributed by atoms with E-state index < -0.39 is 15.8 Å². The zero-order valence-corrected chi connectivity index (χ0v) is 15.0. The Morgan fingerprint density at radius 2 is 2.21 bits per heavy atom. The zero-order valence-electron chi connectivity index (χ0n) is 12.6. The van der Waals surface area contributed by atoms with Crippen molar-refractivity contribution >= 4 is 31.6 Å². The number of rotatable bonds is 8. The largest absolute Gasteiger partial charge is 0.366 e. The van der Waals surface area contributed by atoms with Crippen molar-refractivity contribution in [2.24, 2.45) is 0 Å². The third-order valence-corrected chi connectivity index (χ3v) is 4.73. The molecule has 3 N–H and O–H groups in total. The molecule has 0 atom stereocenters. The van der Waals surface area contributed by atoms with Gasteiger partial charge < -0.3 is 5.32 Å². The predicted molar refractivity (Wildman–Crippen MR) is 85.9 cm³/mol. The first-order chi connectivity index (χ1) is 11.3. The Morgan fingerprint density at radius 1 is 1.46 bits per heavy atom. The van der Waals surface area contributed by atoms with Crippen molar-refractivity contribution in [3.8, 4) is 0 Å². The molecular formula is C12H16BrFN4O5S. The standard InChI is InChI=1S/C12H16BrFN4O5S/c1-22-16-24(20,21)6-2-5-15-12-8-17(23-18(12)19)9-3-4-11(14)10(13)7-9/h3-4,7-8,15-16,19H,2,5-6H2,1H3. The van der Waals surface area contributed by atoms with E-state index in [4.69, 9.17) is 4.94 Å². The van der Waals surface area contributed by atoms with Gasteiger partial charge in [-0.3, -0.25) is 10.0 Å². The molecule has 1 heterocycles. The van der Waals surface area contributed by atoms with Gasteiger partial charge in [0.1, 0.15) is 5.82 Å². The van der Waals surface area contributed by atoms with Gasteiger partial charge in [0.2, 0.25) is 10.0 Å². The van der Waals surface area contributed by atoms with Gasteiger partial charge in [-0.25, -0.2) is 12.8 Å². The highest BCUT2D eigenvalue weighted by Crippen LogP contribution is 2.27. The van der Waals surface area contributed by atoms with Crippen LogP contribution in [0.1, 0.15) is 6.42 Å². The van der Waals surface area contributed by atoms with Crippen molar-refractivity contribution in [2.45, 2.75) is 6.42 Å². The summed E-state index contributed by atoms with van der Waals surface area (Å²) in [7, 11) is -2.28. The van der Waals surface area contributed by atoms with Crippen LogP contribution < -0.4 is 15.3 Å². The Bertz CT molecular complexity index is 717. The number of halogens is 2. The lowest BCUT2D eigenvalue weighted by Gasteiger charge is -2.16. The fraction of sp³-hybridized carbons (Fsp3) is 0.333. The molecule has 0 saturated carbocycles. The molecule has 0 unspecified atom stereocenters. The summed E-state index contributed by atoms with van der Waals surface area (Å²) < 4.78 is 36.3. The van der Waals surface area contributed by atoms with E-state index in [1.54, 1.807) is 0 Å². The van der Waals surface area contributed by atoms with E-state index >= 15 is 0 Å². The molecule has 0 radical (unpaired) electrons. The van der Waals surface area contributed by atoms with Crippen LogP contribution >= 0.6 is 15.9 Å². The van der Waals surface area contributed by atoms with Crippen LogP contribution in [-0.4, -0.2) is 38.3 Å². The number of nitrogens with one attached hydrogen (secondary N) is 2. The number of benzene rings is 1.